The summed E-state index contributed by atoms with van der Waals surface area (Å²) in [6.45, 7) is 6.48. The summed E-state index contributed by atoms with van der Waals surface area (Å²) in [6, 6.07) is 8.06. The summed E-state index contributed by atoms with van der Waals surface area (Å²) in [5.41, 5.74) is 7.48. The Morgan fingerprint density at radius 2 is 2.05 bits per heavy atom. The summed E-state index contributed by atoms with van der Waals surface area (Å²) >= 11 is 0. The third-order valence-electron chi connectivity index (χ3n) is 3.77. The molecule has 1 saturated heterocycles. The van der Waals surface area contributed by atoms with E-state index in [1.165, 1.54) is 0 Å². The molecule has 0 spiro atoms. The highest BCUT2D eigenvalue weighted by Gasteiger charge is 2.30. The number of piperidine rings is 1. The molecule has 2 N–H and O–H groups in total. The van der Waals surface area contributed by atoms with E-state index in [1.54, 1.807) is 0 Å². The maximum atomic E-state index is 12.4. The van der Waals surface area contributed by atoms with Crippen LogP contribution in [0.2, 0.25) is 0 Å². The fourth-order valence-electron chi connectivity index (χ4n) is 2.75. The number of benzene rings is 1. The zero-order chi connectivity index (χ0) is 15.5. The Bertz CT molecular complexity index is 494. The van der Waals surface area contributed by atoms with Crippen molar-refractivity contribution < 1.29 is 9.53 Å². The molecule has 0 saturated carbocycles. The highest BCUT2D eigenvalue weighted by atomic mass is 16.6. The number of hydrogen-bond acceptors (Lipinski definition) is 3. The van der Waals surface area contributed by atoms with Gasteiger partial charge in [-0.1, -0.05) is 18.2 Å². The van der Waals surface area contributed by atoms with Crippen LogP contribution in [0.15, 0.2) is 24.3 Å². The van der Waals surface area contributed by atoms with Crippen molar-refractivity contribution in [3.05, 3.63) is 29.8 Å². The van der Waals surface area contributed by atoms with Crippen molar-refractivity contribution in [1.29, 1.82) is 0 Å². The number of amides is 1. The quantitative estimate of drug-likeness (QED) is 0.847. The first-order chi connectivity index (χ1) is 9.87. The number of nitrogens with zero attached hydrogens (tertiary/aromatic N) is 1. The van der Waals surface area contributed by atoms with Gasteiger partial charge >= 0.3 is 6.09 Å². The fourth-order valence-corrected chi connectivity index (χ4v) is 2.75. The van der Waals surface area contributed by atoms with Crippen LogP contribution in [0.5, 0.6) is 0 Å². The van der Waals surface area contributed by atoms with Crippen molar-refractivity contribution in [3.8, 4) is 0 Å². The number of rotatable bonds is 2. The third-order valence-corrected chi connectivity index (χ3v) is 3.77. The number of anilines is 1. The highest BCUT2D eigenvalue weighted by Crippen LogP contribution is 2.25. The smallest absolute Gasteiger partial charge is 0.410 e. The molecule has 1 unspecified atom stereocenters. The van der Waals surface area contributed by atoms with E-state index in [1.807, 2.05) is 49.9 Å². The maximum Gasteiger partial charge on any atom is 0.410 e. The van der Waals surface area contributed by atoms with Gasteiger partial charge in [0.2, 0.25) is 0 Å². The van der Waals surface area contributed by atoms with Crippen molar-refractivity contribution in [3.63, 3.8) is 0 Å². The number of carbonyl (C=O) groups is 1. The predicted molar refractivity (Wildman–Crippen MR) is 85.1 cm³/mol. The first-order valence-electron chi connectivity index (χ1n) is 7.70. The predicted octanol–water partition coefficient (Wildman–Crippen LogP) is 3.60. The van der Waals surface area contributed by atoms with Gasteiger partial charge in [-0.05, 0) is 58.1 Å². The van der Waals surface area contributed by atoms with Gasteiger partial charge in [-0.15, -0.1) is 0 Å². The Hall–Kier alpha value is -1.71. The molecule has 0 radical (unpaired) electrons. The average Bonchev–Trinajstić information content (AvgIpc) is 2.40. The summed E-state index contributed by atoms with van der Waals surface area (Å²) in [6.07, 6.45) is 3.79. The lowest BCUT2D eigenvalue weighted by atomic mass is 9.95. The Morgan fingerprint density at radius 1 is 1.33 bits per heavy atom. The first kappa shape index (κ1) is 15.7. The lowest BCUT2D eigenvalue weighted by Gasteiger charge is -2.37. The van der Waals surface area contributed by atoms with Crippen LogP contribution >= 0.6 is 0 Å². The minimum atomic E-state index is -0.454. The number of nitrogens with two attached hydrogens (primary N) is 1. The molecule has 1 atom stereocenters. The van der Waals surface area contributed by atoms with Gasteiger partial charge in [0, 0.05) is 18.3 Å². The molecule has 1 heterocycles. The standard InChI is InChI=1S/C17H26N2O2/c1-17(2,3)21-16(20)19-11-7-6-9-14(19)12-13-8-4-5-10-15(13)18/h4-5,8,10,14H,6-7,9,11-12,18H2,1-3H3. The van der Waals surface area contributed by atoms with Crippen molar-refractivity contribution in [2.24, 2.45) is 0 Å². The van der Waals surface area contributed by atoms with Crippen LogP contribution in [-0.2, 0) is 11.2 Å². The van der Waals surface area contributed by atoms with Gasteiger partial charge in [0.05, 0.1) is 0 Å². The maximum absolute atomic E-state index is 12.4. The Kier molecular flexibility index (Phi) is 4.76. The van der Waals surface area contributed by atoms with Gasteiger partial charge in [0.1, 0.15) is 5.60 Å². The van der Waals surface area contributed by atoms with E-state index in [-0.39, 0.29) is 12.1 Å². The monoisotopic (exact) mass is 290 g/mol. The zero-order valence-corrected chi connectivity index (χ0v) is 13.3. The first-order valence-corrected chi connectivity index (χ1v) is 7.70. The molecule has 21 heavy (non-hydrogen) atoms. The van der Waals surface area contributed by atoms with Crippen LogP contribution in [0.3, 0.4) is 0 Å². The van der Waals surface area contributed by atoms with Crippen LogP contribution in [0.1, 0.15) is 45.6 Å². The molecule has 4 nitrogen and oxygen atoms in total. The minimum Gasteiger partial charge on any atom is -0.444 e. The van der Waals surface area contributed by atoms with Crippen molar-refractivity contribution in [2.75, 3.05) is 12.3 Å². The molecule has 1 amide bonds. The lowest BCUT2D eigenvalue weighted by molar-refractivity contribution is 0.00996. The molecule has 116 valence electrons. The van der Waals surface area contributed by atoms with Gasteiger partial charge < -0.3 is 15.4 Å². The SMILES string of the molecule is CC(C)(C)OC(=O)N1CCCCC1Cc1ccccc1N. The van der Waals surface area contributed by atoms with Crippen molar-refractivity contribution >= 4 is 11.8 Å². The molecule has 1 aromatic rings. The van der Waals surface area contributed by atoms with Gasteiger partial charge in [-0.25, -0.2) is 4.79 Å². The van der Waals surface area contributed by atoms with Gasteiger partial charge in [-0.3, -0.25) is 0 Å². The molecule has 0 aromatic heterocycles. The summed E-state index contributed by atoms with van der Waals surface area (Å²) in [5.74, 6) is 0. The summed E-state index contributed by atoms with van der Waals surface area (Å²) < 4.78 is 5.53. The molecule has 0 bridgehead atoms. The number of likely N-dealkylation sites (tertiary alicyclic amines) is 1. The van der Waals surface area contributed by atoms with E-state index in [9.17, 15) is 4.79 Å². The van der Waals surface area contributed by atoms with Crippen molar-refractivity contribution in [2.45, 2.75) is 58.1 Å². The second-order valence-electron chi connectivity index (χ2n) is 6.73. The number of hydrogen-bond donors (Lipinski definition) is 1. The average molecular weight is 290 g/mol. The molecular weight excluding hydrogens is 264 g/mol. The van der Waals surface area contributed by atoms with E-state index in [0.29, 0.717) is 0 Å². The van der Waals surface area contributed by atoms with E-state index >= 15 is 0 Å². The summed E-state index contributed by atoms with van der Waals surface area (Å²) in [5, 5.41) is 0. The molecule has 1 aliphatic heterocycles. The van der Waals surface area contributed by atoms with Gasteiger partial charge in [-0.2, -0.15) is 0 Å². The third kappa shape index (κ3) is 4.38. The Morgan fingerprint density at radius 3 is 2.71 bits per heavy atom. The number of carbonyl (C=O) groups excluding carboxylic acids is 1. The fraction of sp³-hybridized carbons (Fsp3) is 0.588. The van der Waals surface area contributed by atoms with Crippen LogP contribution in [0.4, 0.5) is 10.5 Å². The Balaban J connectivity index is 2.09. The van der Waals surface area contributed by atoms with Gasteiger partial charge in [0.15, 0.2) is 0 Å². The van der Waals surface area contributed by atoms with E-state index in [0.717, 1.165) is 43.5 Å². The second-order valence-corrected chi connectivity index (χ2v) is 6.73. The van der Waals surface area contributed by atoms with Crippen LogP contribution < -0.4 is 5.73 Å². The number of para-hydroxylation sites is 1. The molecule has 0 aliphatic carbocycles. The molecule has 4 heteroatoms. The van der Waals surface area contributed by atoms with Gasteiger partial charge in [0.25, 0.3) is 0 Å². The largest absolute Gasteiger partial charge is 0.444 e. The molecule has 1 fully saturated rings. The molecule has 1 aliphatic rings. The zero-order valence-electron chi connectivity index (χ0n) is 13.3. The topological polar surface area (TPSA) is 55.6 Å². The van der Waals surface area contributed by atoms with E-state index < -0.39 is 5.60 Å². The number of ether oxygens (including phenoxy) is 1. The summed E-state index contributed by atoms with van der Waals surface area (Å²) in [7, 11) is 0. The second kappa shape index (κ2) is 6.37. The van der Waals surface area contributed by atoms with Crippen LogP contribution in [0, 0.1) is 0 Å². The summed E-state index contributed by atoms with van der Waals surface area (Å²) in [4.78, 5) is 14.2. The number of nitrogen functional groups attached to an aromatic ring is 1. The Labute approximate surface area is 127 Å². The van der Waals surface area contributed by atoms with Crippen LogP contribution in [0.25, 0.3) is 0 Å². The van der Waals surface area contributed by atoms with Crippen LogP contribution in [-0.4, -0.2) is 29.2 Å². The molecule has 2 rings (SSSR count). The normalized spacial score (nSPS) is 19.4. The van der Waals surface area contributed by atoms with E-state index in [4.69, 9.17) is 10.5 Å². The minimum absolute atomic E-state index is 0.179. The molecular formula is C17H26N2O2. The highest BCUT2D eigenvalue weighted by molar-refractivity contribution is 5.68. The molecule has 1 aromatic carbocycles. The van der Waals surface area contributed by atoms with Crippen molar-refractivity contribution in [1.82, 2.24) is 4.90 Å². The van der Waals surface area contributed by atoms with E-state index in [2.05, 4.69) is 0 Å². The lowest BCUT2D eigenvalue weighted by Crippen LogP contribution is -2.47.